The van der Waals surface area contributed by atoms with Crippen LogP contribution in [0.5, 0.6) is 17.2 Å². The molecule has 1 aromatic rings. The molecule has 0 radical (unpaired) electrons. The molecule has 0 aliphatic heterocycles. The lowest BCUT2D eigenvalue weighted by molar-refractivity contribution is -0.118. The number of carbonyl (C=O) groups is 2. The number of aldehydes is 1. The third-order valence-electron chi connectivity index (χ3n) is 1.64. The Bertz CT molecular complexity index is 397. The predicted molar refractivity (Wildman–Crippen MR) is 51.3 cm³/mol. The lowest BCUT2D eigenvalue weighted by Gasteiger charge is -2.08. The highest BCUT2D eigenvalue weighted by Gasteiger charge is 2.10. The Labute approximate surface area is 85.9 Å². The first-order valence-corrected chi connectivity index (χ1v) is 4.18. The Morgan fingerprint density at radius 3 is 2.67 bits per heavy atom. The van der Waals surface area contributed by atoms with E-state index in [-0.39, 0.29) is 23.7 Å². The Morgan fingerprint density at radius 1 is 1.47 bits per heavy atom. The van der Waals surface area contributed by atoms with E-state index in [1.807, 2.05) is 0 Å². The summed E-state index contributed by atoms with van der Waals surface area (Å²) >= 11 is 0. The molecule has 0 atom stereocenters. The van der Waals surface area contributed by atoms with Crippen LogP contribution >= 0.6 is 0 Å². The number of phenolic OH excluding ortho intramolecular Hbond substituents is 2. The van der Waals surface area contributed by atoms with Crippen molar-refractivity contribution in [2.24, 2.45) is 0 Å². The van der Waals surface area contributed by atoms with Gasteiger partial charge < -0.3 is 14.9 Å². The first kappa shape index (κ1) is 11.0. The van der Waals surface area contributed by atoms with Crippen LogP contribution in [-0.2, 0) is 4.79 Å². The van der Waals surface area contributed by atoms with Crippen LogP contribution in [0.2, 0.25) is 0 Å². The van der Waals surface area contributed by atoms with Gasteiger partial charge in [0.1, 0.15) is 12.9 Å². The van der Waals surface area contributed by atoms with Crippen LogP contribution in [0.4, 0.5) is 0 Å². The second-order valence-corrected chi connectivity index (χ2v) is 3.00. The molecule has 0 amide bonds. The van der Waals surface area contributed by atoms with Crippen molar-refractivity contribution >= 4 is 12.1 Å². The maximum Gasteiger partial charge on any atom is 0.200 e. The van der Waals surface area contributed by atoms with E-state index in [1.165, 1.54) is 13.0 Å². The number of ketones is 1. The minimum absolute atomic E-state index is 0.0905. The van der Waals surface area contributed by atoms with Gasteiger partial charge in [0, 0.05) is 5.56 Å². The molecule has 0 aliphatic rings. The van der Waals surface area contributed by atoms with Gasteiger partial charge in [-0.25, -0.2) is 0 Å². The van der Waals surface area contributed by atoms with Crippen molar-refractivity contribution in [3.05, 3.63) is 17.7 Å². The number of rotatable bonds is 4. The normalized spacial score (nSPS) is 9.67. The predicted octanol–water partition coefficient (Wildman–Crippen LogP) is 0.878. The van der Waals surface area contributed by atoms with Gasteiger partial charge in [-0.15, -0.1) is 0 Å². The molecule has 1 rings (SSSR count). The maximum atomic E-state index is 10.6. The fourth-order valence-electron chi connectivity index (χ4n) is 0.971. The largest absolute Gasteiger partial charge is 0.504 e. The van der Waals surface area contributed by atoms with Crippen molar-refractivity contribution in [1.82, 2.24) is 0 Å². The Morgan fingerprint density at radius 2 is 2.13 bits per heavy atom. The van der Waals surface area contributed by atoms with Gasteiger partial charge >= 0.3 is 0 Å². The summed E-state index contributed by atoms with van der Waals surface area (Å²) in [5, 5.41) is 18.5. The van der Waals surface area contributed by atoms with E-state index >= 15 is 0 Å². The van der Waals surface area contributed by atoms with Gasteiger partial charge in [-0.1, -0.05) is 0 Å². The number of hydrogen-bond donors (Lipinski definition) is 2. The average Bonchev–Trinajstić information content (AvgIpc) is 2.19. The van der Waals surface area contributed by atoms with E-state index in [1.54, 1.807) is 0 Å². The van der Waals surface area contributed by atoms with Gasteiger partial charge in [0.15, 0.2) is 17.3 Å². The minimum atomic E-state index is -0.484. The maximum absolute atomic E-state index is 10.6. The van der Waals surface area contributed by atoms with Crippen molar-refractivity contribution in [3.63, 3.8) is 0 Å². The van der Waals surface area contributed by atoms with E-state index < -0.39 is 11.5 Å². The number of phenols is 2. The summed E-state index contributed by atoms with van der Waals surface area (Å²) in [5.41, 5.74) is 0.156. The highest BCUT2D eigenvalue weighted by atomic mass is 16.5. The standard InChI is InChI=1S/C10H10O5/c1-6(12)5-15-9-3-7(4-11)2-8(13)10(9)14/h2-4,13-14H,5H2,1H3. The molecule has 80 valence electrons. The quantitative estimate of drug-likeness (QED) is 0.569. The van der Waals surface area contributed by atoms with Crippen LogP contribution in [-0.4, -0.2) is 28.9 Å². The van der Waals surface area contributed by atoms with Crippen LogP contribution in [0.1, 0.15) is 17.3 Å². The van der Waals surface area contributed by atoms with Crippen molar-refractivity contribution in [2.45, 2.75) is 6.92 Å². The molecule has 2 N–H and O–H groups in total. The molecule has 5 heteroatoms. The zero-order valence-electron chi connectivity index (χ0n) is 8.06. The van der Waals surface area contributed by atoms with Crippen LogP contribution in [0, 0.1) is 0 Å². The molecule has 0 aromatic heterocycles. The first-order valence-electron chi connectivity index (χ1n) is 4.18. The molecular formula is C10H10O5. The summed E-state index contributed by atoms with van der Waals surface area (Å²) in [6.45, 7) is 1.09. The van der Waals surface area contributed by atoms with Crippen LogP contribution in [0.3, 0.4) is 0 Å². The highest BCUT2D eigenvalue weighted by molar-refractivity contribution is 5.79. The molecule has 1 aromatic carbocycles. The van der Waals surface area contributed by atoms with E-state index in [2.05, 4.69) is 0 Å². The van der Waals surface area contributed by atoms with E-state index in [9.17, 15) is 19.8 Å². The van der Waals surface area contributed by atoms with E-state index in [0.717, 1.165) is 6.07 Å². The zero-order chi connectivity index (χ0) is 11.4. The van der Waals surface area contributed by atoms with Gasteiger partial charge in [-0.3, -0.25) is 9.59 Å². The summed E-state index contributed by atoms with van der Waals surface area (Å²) in [4.78, 5) is 21.1. The average molecular weight is 210 g/mol. The first-order chi connectivity index (χ1) is 7.04. The highest BCUT2D eigenvalue weighted by Crippen LogP contribution is 2.35. The van der Waals surface area contributed by atoms with Crippen molar-refractivity contribution < 1.29 is 24.5 Å². The topological polar surface area (TPSA) is 83.8 Å². The summed E-state index contributed by atoms with van der Waals surface area (Å²) in [7, 11) is 0. The molecule has 0 aliphatic carbocycles. The smallest absolute Gasteiger partial charge is 0.200 e. The second-order valence-electron chi connectivity index (χ2n) is 3.00. The lowest BCUT2D eigenvalue weighted by atomic mass is 10.2. The number of carbonyl (C=O) groups excluding carboxylic acids is 2. The number of hydrogen-bond acceptors (Lipinski definition) is 5. The van der Waals surface area contributed by atoms with Crippen molar-refractivity contribution in [3.8, 4) is 17.2 Å². The SMILES string of the molecule is CC(=O)COc1cc(C=O)cc(O)c1O. The van der Waals surface area contributed by atoms with Gasteiger partial charge in [-0.05, 0) is 19.1 Å². The van der Waals surface area contributed by atoms with Gasteiger partial charge in [0.25, 0.3) is 0 Å². The molecule has 0 unspecified atom stereocenters. The Kier molecular flexibility index (Phi) is 3.28. The van der Waals surface area contributed by atoms with Gasteiger partial charge in [-0.2, -0.15) is 0 Å². The molecule has 0 saturated heterocycles. The number of ether oxygens (including phenoxy) is 1. The Balaban J connectivity index is 2.99. The summed E-state index contributed by atoms with van der Waals surface area (Å²) in [6, 6.07) is 2.34. The van der Waals surface area contributed by atoms with Crippen LogP contribution in [0.25, 0.3) is 0 Å². The van der Waals surface area contributed by atoms with E-state index in [0.29, 0.717) is 6.29 Å². The molecule has 0 fully saturated rings. The summed E-state index contributed by atoms with van der Waals surface area (Å²) in [5.74, 6) is -1.27. The fraction of sp³-hybridized carbons (Fsp3) is 0.200. The third-order valence-corrected chi connectivity index (χ3v) is 1.64. The molecule has 0 spiro atoms. The fourth-order valence-corrected chi connectivity index (χ4v) is 0.971. The molecule has 0 bridgehead atoms. The molecule has 15 heavy (non-hydrogen) atoms. The zero-order valence-corrected chi connectivity index (χ0v) is 8.06. The number of benzene rings is 1. The second kappa shape index (κ2) is 4.45. The molecule has 0 heterocycles. The van der Waals surface area contributed by atoms with Crippen LogP contribution < -0.4 is 4.74 Å². The summed E-state index contributed by atoms with van der Waals surface area (Å²) in [6.07, 6.45) is 0.500. The molecular weight excluding hydrogens is 200 g/mol. The lowest BCUT2D eigenvalue weighted by Crippen LogP contribution is -2.06. The van der Waals surface area contributed by atoms with Gasteiger partial charge in [0.2, 0.25) is 5.75 Å². The van der Waals surface area contributed by atoms with E-state index in [4.69, 9.17) is 4.74 Å². The monoisotopic (exact) mass is 210 g/mol. The number of aromatic hydroxyl groups is 2. The van der Waals surface area contributed by atoms with Crippen LogP contribution in [0.15, 0.2) is 12.1 Å². The third kappa shape index (κ3) is 2.70. The molecule has 0 saturated carbocycles. The Hall–Kier alpha value is -2.04. The number of Topliss-reactive ketones (excluding diaryl/α,β-unsaturated/α-hetero) is 1. The minimum Gasteiger partial charge on any atom is -0.504 e. The van der Waals surface area contributed by atoms with Crippen molar-refractivity contribution in [2.75, 3.05) is 6.61 Å². The molecule has 5 nitrogen and oxygen atoms in total. The summed E-state index contributed by atoms with van der Waals surface area (Å²) < 4.78 is 4.90. The van der Waals surface area contributed by atoms with Crippen molar-refractivity contribution in [1.29, 1.82) is 0 Å². The van der Waals surface area contributed by atoms with Gasteiger partial charge in [0.05, 0.1) is 0 Å².